The summed E-state index contributed by atoms with van der Waals surface area (Å²) in [6, 6.07) is 0. The summed E-state index contributed by atoms with van der Waals surface area (Å²) in [5.74, 6) is -0.467. The molecule has 7 heteroatoms. The number of hydrogen-bond acceptors (Lipinski definition) is 4. The minimum atomic E-state index is -0.873. The SMILES string of the molecule is CCc1cnc(SCC(=O)O)n1CCC(=O)NCC(C)C. The van der Waals surface area contributed by atoms with Crippen molar-refractivity contribution in [2.24, 2.45) is 5.92 Å². The largest absolute Gasteiger partial charge is 0.481 e. The molecule has 0 unspecified atom stereocenters. The summed E-state index contributed by atoms with van der Waals surface area (Å²) in [6.45, 7) is 7.30. The van der Waals surface area contributed by atoms with Crippen LogP contribution in [0.25, 0.3) is 0 Å². The maximum absolute atomic E-state index is 11.8. The second kappa shape index (κ2) is 8.71. The van der Waals surface area contributed by atoms with Crippen LogP contribution in [0.3, 0.4) is 0 Å². The molecule has 0 atom stereocenters. The average molecular weight is 313 g/mol. The minimum Gasteiger partial charge on any atom is -0.481 e. The van der Waals surface area contributed by atoms with Gasteiger partial charge in [0, 0.05) is 31.4 Å². The Bertz CT molecular complexity index is 486. The van der Waals surface area contributed by atoms with Gasteiger partial charge in [0.25, 0.3) is 0 Å². The van der Waals surface area contributed by atoms with Crippen molar-refractivity contribution in [2.75, 3.05) is 12.3 Å². The van der Waals surface area contributed by atoms with Gasteiger partial charge < -0.3 is 15.0 Å². The van der Waals surface area contributed by atoms with E-state index in [9.17, 15) is 9.59 Å². The van der Waals surface area contributed by atoms with Gasteiger partial charge in [-0.1, -0.05) is 32.5 Å². The molecule has 0 saturated heterocycles. The maximum Gasteiger partial charge on any atom is 0.313 e. The molecule has 1 heterocycles. The monoisotopic (exact) mass is 313 g/mol. The highest BCUT2D eigenvalue weighted by Gasteiger charge is 2.12. The van der Waals surface area contributed by atoms with E-state index in [-0.39, 0.29) is 11.7 Å². The van der Waals surface area contributed by atoms with Crippen LogP contribution in [0.2, 0.25) is 0 Å². The number of rotatable bonds is 9. The van der Waals surface area contributed by atoms with Crippen LogP contribution in [0.1, 0.15) is 32.9 Å². The summed E-state index contributed by atoms with van der Waals surface area (Å²) in [4.78, 5) is 26.7. The number of carbonyl (C=O) groups excluding carboxylic acids is 1. The van der Waals surface area contributed by atoms with Crippen molar-refractivity contribution in [1.29, 1.82) is 0 Å². The molecule has 21 heavy (non-hydrogen) atoms. The molecule has 0 aliphatic rings. The number of hydrogen-bond donors (Lipinski definition) is 2. The van der Waals surface area contributed by atoms with Crippen LogP contribution in [0, 0.1) is 5.92 Å². The van der Waals surface area contributed by atoms with E-state index in [2.05, 4.69) is 10.3 Å². The number of aryl methyl sites for hydroxylation is 1. The van der Waals surface area contributed by atoms with Gasteiger partial charge in [0.05, 0.1) is 5.75 Å². The van der Waals surface area contributed by atoms with E-state index in [4.69, 9.17) is 5.11 Å². The fourth-order valence-corrected chi connectivity index (χ4v) is 2.52. The molecule has 1 amide bonds. The molecule has 1 rings (SSSR count). The lowest BCUT2D eigenvalue weighted by molar-refractivity contribution is -0.134. The van der Waals surface area contributed by atoms with Crippen LogP contribution in [0.5, 0.6) is 0 Å². The molecule has 1 aromatic rings. The molecule has 0 aliphatic carbocycles. The summed E-state index contributed by atoms with van der Waals surface area (Å²) in [5, 5.41) is 12.3. The summed E-state index contributed by atoms with van der Waals surface area (Å²) in [7, 11) is 0. The van der Waals surface area contributed by atoms with E-state index in [1.807, 2.05) is 25.3 Å². The predicted octanol–water partition coefficient (Wildman–Crippen LogP) is 1.78. The second-order valence-electron chi connectivity index (χ2n) is 5.17. The van der Waals surface area contributed by atoms with Crippen LogP contribution in [0.15, 0.2) is 11.4 Å². The highest BCUT2D eigenvalue weighted by molar-refractivity contribution is 7.99. The van der Waals surface area contributed by atoms with Gasteiger partial charge in [-0.2, -0.15) is 0 Å². The molecule has 1 aromatic heterocycles. The fraction of sp³-hybridized carbons (Fsp3) is 0.643. The summed E-state index contributed by atoms with van der Waals surface area (Å²) in [5.41, 5.74) is 1.01. The highest BCUT2D eigenvalue weighted by atomic mass is 32.2. The number of nitrogens with one attached hydrogen (secondary N) is 1. The Hall–Kier alpha value is -1.50. The van der Waals surface area contributed by atoms with Crippen LogP contribution < -0.4 is 5.32 Å². The Morgan fingerprint density at radius 2 is 2.19 bits per heavy atom. The topological polar surface area (TPSA) is 84.2 Å². The molecule has 118 valence electrons. The average Bonchev–Trinajstić information content (AvgIpc) is 2.82. The van der Waals surface area contributed by atoms with Crippen molar-refractivity contribution in [3.05, 3.63) is 11.9 Å². The molecule has 0 radical (unpaired) electrons. The molecular formula is C14H23N3O3S. The van der Waals surface area contributed by atoms with Crippen molar-refractivity contribution in [3.8, 4) is 0 Å². The third kappa shape index (κ3) is 6.20. The van der Waals surface area contributed by atoms with E-state index >= 15 is 0 Å². The van der Waals surface area contributed by atoms with Crippen LogP contribution in [-0.4, -0.2) is 38.8 Å². The summed E-state index contributed by atoms with van der Waals surface area (Å²) >= 11 is 1.18. The van der Waals surface area contributed by atoms with Crippen LogP contribution in [0.4, 0.5) is 0 Å². The van der Waals surface area contributed by atoms with E-state index in [1.54, 1.807) is 6.20 Å². The Balaban J connectivity index is 2.61. The minimum absolute atomic E-state index is 0.00800. The first-order valence-electron chi connectivity index (χ1n) is 7.09. The lowest BCUT2D eigenvalue weighted by atomic mass is 10.2. The number of carboxylic acids is 1. The number of imidazole rings is 1. The van der Waals surface area contributed by atoms with E-state index in [0.717, 1.165) is 12.1 Å². The van der Waals surface area contributed by atoms with Crippen molar-refractivity contribution >= 4 is 23.6 Å². The van der Waals surface area contributed by atoms with Crippen molar-refractivity contribution in [3.63, 3.8) is 0 Å². The Morgan fingerprint density at radius 1 is 1.48 bits per heavy atom. The van der Waals surface area contributed by atoms with Crippen molar-refractivity contribution < 1.29 is 14.7 Å². The molecule has 0 aliphatic heterocycles. The predicted molar refractivity (Wildman–Crippen MR) is 82.4 cm³/mol. The van der Waals surface area contributed by atoms with Gasteiger partial charge in [0.1, 0.15) is 0 Å². The number of aromatic nitrogens is 2. The van der Waals surface area contributed by atoms with Crippen molar-refractivity contribution in [1.82, 2.24) is 14.9 Å². The van der Waals surface area contributed by atoms with Crippen LogP contribution >= 0.6 is 11.8 Å². The third-order valence-electron chi connectivity index (χ3n) is 2.86. The first-order valence-corrected chi connectivity index (χ1v) is 8.08. The molecule has 0 spiro atoms. The van der Waals surface area contributed by atoms with Gasteiger partial charge in [0.15, 0.2) is 5.16 Å². The number of amides is 1. The number of carbonyl (C=O) groups is 2. The first kappa shape index (κ1) is 17.6. The smallest absolute Gasteiger partial charge is 0.313 e. The van der Waals surface area contributed by atoms with Crippen molar-refractivity contribution in [2.45, 2.75) is 45.3 Å². The Labute approximate surface area is 129 Å². The lowest BCUT2D eigenvalue weighted by Crippen LogP contribution is -2.28. The standard InChI is InChI=1S/C14H23N3O3S/c1-4-11-8-16-14(21-9-13(19)20)17(11)6-5-12(18)15-7-10(2)3/h8,10H,4-7,9H2,1-3H3,(H,15,18)(H,19,20). The molecule has 0 saturated carbocycles. The zero-order valence-electron chi connectivity index (χ0n) is 12.8. The Morgan fingerprint density at radius 3 is 2.76 bits per heavy atom. The number of thioether (sulfide) groups is 1. The number of nitrogens with zero attached hydrogens (tertiary/aromatic N) is 2. The van der Waals surface area contributed by atoms with Crippen LogP contribution in [-0.2, 0) is 22.6 Å². The van der Waals surface area contributed by atoms with Gasteiger partial charge in [-0.15, -0.1) is 0 Å². The fourth-order valence-electron chi connectivity index (χ4n) is 1.77. The summed E-state index contributed by atoms with van der Waals surface area (Å²) < 4.78 is 1.93. The third-order valence-corrected chi connectivity index (χ3v) is 3.83. The van der Waals surface area contributed by atoms with E-state index < -0.39 is 5.97 Å². The van der Waals surface area contributed by atoms with E-state index in [1.165, 1.54) is 11.8 Å². The zero-order valence-corrected chi connectivity index (χ0v) is 13.6. The molecule has 0 aromatic carbocycles. The van der Waals surface area contributed by atoms with Gasteiger partial charge in [-0.05, 0) is 12.3 Å². The molecule has 0 fully saturated rings. The number of carboxylic acid groups (broad SMARTS) is 1. The Kier molecular flexibility index (Phi) is 7.28. The van der Waals surface area contributed by atoms with Gasteiger partial charge >= 0.3 is 5.97 Å². The second-order valence-corrected chi connectivity index (χ2v) is 6.11. The normalized spacial score (nSPS) is 10.9. The maximum atomic E-state index is 11.8. The lowest BCUT2D eigenvalue weighted by Gasteiger charge is -2.11. The number of aliphatic carboxylic acids is 1. The summed E-state index contributed by atoms with van der Waals surface area (Å²) in [6.07, 6.45) is 2.92. The van der Waals surface area contributed by atoms with E-state index in [0.29, 0.717) is 30.6 Å². The van der Waals surface area contributed by atoms with Gasteiger partial charge in [-0.3, -0.25) is 9.59 Å². The zero-order chi connectivity index (χ0) is 15.8. The first-order chi connectivity index (χ1) is 9.93. The van der Waals surface area contributed by atoms with Gasteiger partial charge in [0.2, 0.25) is 5.91 Å². The molecule has 6 nitrogen and oxygen atoms in total. The quantitative estimate of drug-likeness (QED) is 0.679. The molecule has 2 N–H and O–H groups in total. The molecule has 0 bridgehead atoms. The highest BCUT2D eigenvalue weighted by Crippen LogP contribution is 2.19. The van der Waals surface area contributed by atoms with Gasteiger partial charge in [-0.25, -0.2) is 4.98 Å². The molecular weight excluding hydrogens is 290 g/mol.